The molecule has 1 atom stereocenters. The molecular weight excluding hydrogens is 234 g/mol. The van der Waals surface area contributed by atoms with E-state index in [9.17, 15) is 0 Å². The number of oxime groups is 1. The Bertz CT molecular complexity index is 511. The molecule has 0 fully saturated rings. The molecule has 2 aromatic rings. The molecule has 2 rings (SSSR count). The minimum absolute atomic E-state index is 0.0834. The summed E-state index contributed by atoms with van der Waals surface area (Å²) >= 11 is 5.97. The van der Waals surface area contributed by atoms with Gasteiger partial charge in [-0.25, -0.2) is 0 Å². The van der Waals surface area contributed by atoms with Crippen LogP contribution in [0.15, 0.2) is 59.8 Å². The summed E-state index contributed by atoms with van der Waals surface area (Å²) in [6.45, 7) is 0. The smallest absolute Gasteiger partial charge is 0.0554 e. The van der Waals surface area contributed by atoms with E-state index in [4.69, 9.17) is 16.8 Å². The van der Waals surface area contributed by atoms with Crippen LogP contribution in [-0.4, -0.2) is 11.4 Å². The fraction of sp³-hybridized carbons (Fsp3) is 0.0714. The molecule has 0 radical (unpaired) electrons. The number of hydrogen-bond acceptors (Lipinski definition) is 2. The van der Waals surface area contributed by atoms with Gasteiger partial charge < -0.3 is 5.21 Å². The Kier molecular flexibility index (Phi) is 3.78. The van der Waals surface area contributed by atoms with Crippen molar-refractivity contribution in [3.8, 4) is 0 Å². The predicted molar refractivity (Wildman–Crippen MR) is 70.0 cm³/mol. The van der Waals surface area contributed by atoms with Crippen LogP contribution in [0.4, 0.5) is 0 Å². The third-order valence-corrected chi connectivity index (χ3v) is 2.82. The van der Waals surface area contributed by atoms with Gasteiger partial charge in [0.2, 0.25) is 0 Å². The van der Waals surface area contributed by atoms with E-state index in [1.54, 1.807) is 0 Å². The highest BCUT2D eigenvalue weighted by Crippen LogP contribution is 2.24. The Morgan fingerprint density at radius 3 is 2.35 bits per heavy atom. The van der Waals surface area contributed by atoms with Gasteiger partial charge in [0.1, 0.15) is 0 Å². The predicted octanol–water partition coefficient (Wildman–Crippen LogP) is 3.93. The van der Waals surface area contributed by atoms with Crippen LogP contribution in [0.25, 0.3) is 0 Å². The van der Waals surface area contributed by atoms with E-state index < -0.39 is 0 Å². The van der Waals surface area contributed by atoms with Crippen molar-refractivity contribution in [2.24, 2.45) is 5.16 Å². The van der Waals surface area contributed by atoms with Crippen LogP contribution in [0.1, 0.15) is 17.0 Å². The minimum atomic E-state index is -0.0834. The van der Waals surface area contributed by atoms with Crippen molar-refractivity contribution in [3.63, 3.8) is 0 Å². The molecule has 2 nitrogen and oxygen atoms in total. The minimum Gasteiger partial charge on any atom is -0.411 e. The van der Waals surface area contributed by atoms with Crippen LogP contribution >= 0.6 is 11.6 Å². The van der Waals surface area contributed by atoms with Crippen molar-refractivity contribution < 1.29 is 5.21 Å². The zero-order valence-corrected chi connectivity index (χ0v) is 9.88. The monoisotopic (exact) mass is 245 g/mol. The lowest BCUT2D eigenvalue weighted by molar-refractivity contribution is 0.320. The standard InChI is InChI=1S/C14H12ClNO/c15-13-8-4-7-12(9-13)14(10-16-17)11-5-2-1-3-6-11/h1-10,14,17H/b16-10+. The van der Waals surface area contributed by atoms with E-state index in [0.717, 1.165) is 11.1 Å². The summed E-state index contributed by atoms with van der Waals surface area (Å²) in [7, 11) is 0. The number of nitrogens with zero attached hydrogens (tertiary/aromatic N) is 1. The van der Waals surface area contributed by atoms with Gasteiger partial charge >= 0.3 is 0 Å². The normalized spacial score (nSPS) is 12.8. The van der Waals surface area contributed by atoms with E-state index in [-0.39, 0.29) is 5.92 Å². The summed E-state index contributed by atoms with van der Waals surface area (Å²) in [5.41, 5.74) is 2.06. The molecule has 0 aliphatic heterocycles. The highest BCUT2D eigenvalue weighted by Gasteiger charge is 2.11. The summed E-state index contributed by atoms with van der Waals surface area (Å²) in [4.78, 5) is 0. The van der Waals surface area contributed by atoms with E-state index in [1.165, 1.54) is 6.21 Å². The van der Waals surface area contributed by atoms with Crippen LogP contribution in [0.3, 0.4) is 0 Å². The highest BCUT2D eigenvalue weighted by atomic mass is 35.5. The highest BCUT2D eigenvalue weighted by molar-refractivity contribution is 6.30. The van der Waals surface area contributed by atoms with E-state index in [0.29, 0.717) is 5.02 Å². The fourth-order valence-corrected chi connectivity index (χ4v) is 1.99. The van der Waals surface area contributed by atoms with Gasteiger partial charge in [0.05, 0.1) is 6.21 Å². The Labute approximate surface area is 105 Å². The van der Waals surface area contributed by atoms with Crippen LogP contribution < -0.4 is 0 Å². The SMILES string of the molecule is O/N=C/C(c1ccccc1)c1cccc(Cl)c1. The van der Waals surface area contributed by atoms with Gasteiger partial charge in [-0.3, -0.25) is 0 Å². The largest absolute Gasteiger partial charge is 0.411 e. The maximum Gasteiger partial charge on any atom is 0.0554 e. The molecule has 0 bridgehead atoms. The molecule has 2 aromatic carbocycles. The fourth-order valence-electron chi connectivity index (χ4n) is 1.79. The van der Waals surface area contributed by atoms with Crippen molar-refractivity contribution in [3.05, 3.63) is 70.7 Å². The zero-order valence-electron chi connectivity index (χ0n) is 9.12. The summed E-state index contributed by atoms with van der Waals surface area (Å²) in [5.74, 6) is -0.0834. The Balaban J connectivity index is 2.43. The van der Waals surface area contributed by atoms with Crippen LogP contribution in [0.5, 0.6) is 0 Å². The lowest BCUT2D eigenvalue weighted by Crippen LogP contribution is -2.02. The maximum absolute atomic E-state index is 8.77. The molecule has 0 aliphatic carbocycles. The molecule has 3 heteroatoms. The Morgan fingerprint density at radius 1 is 1.00 bits per heavy atom. The summed E-state index contributed by atoms with van der Waals surface area (Å²) < 4.78 is 0. The average Bonchev–Trinajstić information content (AvgIpc) is 2.37. The number of benzene rings is 2. The van der Waals surface area contributed by atoms with Crippen LogP contribution in [0, 0.1) is 0 Å². The second-order valence-electron chi connectivity index (χ2n) is 3.71. The van der Waals surface area contributed by atoms with E-state index >= 15 is 0 Å². The molecule has 1 unspecified atom stereocenters. The van der Waals surface area contributed by atoms with E-state index in [1.807, 2.05) is 54.6 Å². The van der Waals surface area contributed by atoms with Gasteiger partial charge in [-0.2, -0.15) is 0 Å². The molecule has 1 N–H and O–H groups in total. The maximum atomic E-state index is 8.77. The first-order chi connectivity index (χ1) is 8.31. The first-order valence-electron chi connectivity index (χ1n) is 5.29. The number of halogens is 1. The molecule has 0 aromatic heterocycles. The first-order valence-corrected chi connectivity index (χ1v) is 5.67. The summed E-state index contributed by atoms with van der Waals surface area (Å²) in [6.07, 6.45) is 1.50. The Hall–Kier alpha value is -1.80. The van der Waals surface area contributed by atoms with Gasteiger partial charge in [-0.05, 0) is 23.3 Å². The molecule has 0 amide bonds. The second kappa shape index (κ2) is 5.51. The first kappa shape index (κ1) is 11.7. The molecule has 0 aliphatic rings. The molecule has 0 saturated heterocycles. The molecule has 0 spiro atoms. The van der Waals surface area contributed by atoms with Crippen molar-refractivity contribution in [2.75, 3.05) is 0 Å². The summed E-state index contributed by atoms with van der Waals surface area (Å²) in [6, 6.07) is 17.4. The third-order valence-electron chi connectivity index (χ3n) is 2.58. The lowest BCUT2D eigenvalue weighted by atomic mass is 9.92. The molecule has 0 heterocycles. The van der Waals surface area contributed by atoms with Crippen LogP contribution in [0.2, 0.25) is 5.02 Å². The molecule has 86 valence electrons. The van der Waals surface area contributed by atoms with E-state index in [2.05, 4.69) is 5.16 Å². The average molecular weight is 246 g/mol. The molecular formula is C14H12ClNO. The van der Waals surface area contributed by atoms with Gasteiger partial charge in [0.15, 0.2) is 0 Å². The van der Waals surface area contributed by atoms with Gasteiger partial charge in [-0.15, -0.1) is 5.16 Å². The van der Waals surface area contributed by atoms with Gasteiger partial charge in [0, 0.05) is 10.9 Å². The van der Waals surface area contributed by atoms with Crippen molar-refractivity contribution in [2.45, 2.75) is 5.92 Å². The lowest BCUT2D eigenvalue weighted by Gasteiger charge is -2.12. The summed E-state index contributed by atoms with van der Waals surface area (Å²) in [5, 5.41) is 12.6. The van der Waals surface area contributed by atoms with Crippen molar-refractivity contribution >= 4 is 17.8 Å². The zero-order chi connectivity index (χ0) is 12.1. The van der Waals surface area contributed by atoms with Gasteiger partial charge in [0.25, 0.3) is 0 Å². The topological polar surface area (TPSA) is 32.6 Å². The number of rotatable bonds is 3. The van der Waals surface area contributed by atoms with Gasteiger partial charge in [-0.1, -0.05) is 54.1 Å². The molecule has 0 saturated carbocycles. The van der Waals surface area contributed by atoms with Crippen LogP contribution in [-0.2, 0) is 0 Å². The Morgan fingerprint density at radius 2 is 1.71 bits per heavy atom. The van der Waals surface area contributed by atoms with Crippen molar-refractivity contribution in [1.82, 2.24) is 0 Å². The quantitative estimate of drug-likeness (QED) is 0.496. The van der Waals surface area contributed by atoms with Crippen molar-refractivity contribution in [1.29, 1.82) is 0 Å². The third kappa shape index (κ3) is 2.86. The second-order valence-corrected chi connectivity index (χ2v) is 4.14. The molecule has 17 heavy (non-hydrogen) atoms. The number of hydrogen-bond donors (Lipinski definition) is 1.